The van der Waals surface area contributed by atoms with Crippen LogP contribution in [0.2, 0.25) is 0 Å². The first kappa shape index (κ1) is 18.7. The summed E-state index contributed by atoms with van der Waals surface area (Å²) in [5.41, 5.74) is 0.729. The highest BCUT2D eigenvalue weighted by molar-refractivity contribution is 5.93. The second kappa shape index (κ2) is 6.76. The summed E-state index contributed by atoms with van der Waals surface area (Å²) >= 11 is 0. The van der Waals surface area contributed by atoms with E-state index < -0.39 is 18.0 Å². The number of carbonyl (C=O) groups excluding carboxylic acids is 1. The van der Waals surface area contributed by atoms with Crippen molar-refractivity contribution in [2.45, 2.75) is 45.1 Å². The van der Waals surface area contributed by atoms with Crippen molar-refractivity contribution < 1.29 is 24.6 Å². The summed E-state index contributed by atoms with van der Waals surface area (Å²) in [4.78, 5) is 43.9. The molecule has 1 aliphatic carbocycles. The molecule has 0 bridgehead atoms. The number of amides is 1. The number of aliphatic carboxylic acids is 1. The van der Waals surface area contributed by atoms with Gasteiger partial charge in [-0.3, -0.25) is 4.79 Å². The Morgan fingerprint density at radius 2 is 1.82 bits per heavy atom. The second-order valence-corrected chi connectivity index (χ2v) is 8.41. The number of rotatable bonds is 4. The zero-order valence-electron chi connectivity index (χ0n) is 15.9. The molecule has 1 aromatic rings. The Bertz CT molecular complexity index is 827. The number of likely N-dealkylation sites (tertiary alicyclic amines) is 1. The monoisotopic (exact) mass is 387 g/mol. The van der Waals surface area contributed by atoms with Gasteiger partial charge in [0.15, 0.2) is 0 Å². The lowest BCUT2D eigenvalue weighted by atomic mass is 9.76. The molecular weight excluding hydrogens is 362 g/mol. The number of anilines is 1. The zero-order valence-corrected chi connectivity index (χ0v) is 15.9. The highest BCUT2D eigenvalue weighted by Crippen LogP contribution is 2.46. The number of carbonyl (C=O) groups is 3. The van der Waals surface area contributed by atoms with Crippen molar-refractivity contribution in [3.05, 3.63) is 23.4 Å². The molecule has 2 saturated heterocycles. The predicted octanol–water partition coefficient (Wildman–Crippen LogP) is 1.77. The van der Waals surface area contributed by atoms with Crippen LogP contribution in [0.3, 0.4) is 0 Å². The summed E-state index contributed by atoms with van der Waals surface area (Å²) in [6, 6.07) is 2.52. The number of carboxylic acid groups (broad SMARTS) is 2. The molecule has 3 aliphatic rings. The Hall–Kier alpha value is -2.64. The van der Waals surface area contributed by atoms with Gasteiger partial charge >= 0.3 is 11.9 Å². The van der Waals surface area contributed by atoms with Crippen molar-refractivity contribution in [1.82, 2.24) is 9.88 Å². The number of carboxylic acids is 2. The largest absolute Gasteiger partial charge is 0.480 e. The second-order valence-electron chi connectivity index (χ2n) is 8.41. The highest BCUT2D eigenvalue weighted by atomic mass is 16.4. The van der Waals surface area contributed by atoms with Crippen molar-refractivity contribution in [1.29, 1.82) is 0 Å². The van der Waals surface area contributed by atoms with Crippen molar-refractivity contribution in [3.63, 3.8) is 0 Å². The minimum atomic E-state index is -1.00. The molecule has 1 saturated carbocycles. The highest BCUT2D eigenvalue weighted by Gasteiger charge is 2.52. The molecule has 1 unspecified atom stereocenters. The first-order valence-electron chi connectivity index (χ1n) is 9.79. The van der Waals surface area contributed by atoms with Gasteiger partial charge in [0.1, 0.15) is 17.4 Å². The summed E-state index contributed by atoms with van der Waals surface area (Å²) in [5, 5.41) is 19.1. The van der Waals surface area contributed by atoms with Gasteiger partial charge in [0.05, 0.1) is 0 Å². The maximum absolute atomic E-state index is 12.6. The molecule has 8 nitrogen and oxygen atoms in total. The Morgan fingerprint density at radius 1 is 1.14 bits per heavy atom. The average Bonchev–Trinajstić information content (AvgIpc) is 3.44. The van der Waals surface area contributed by atoms with Gasteiger partial charge in [-0.1, -0.05) is 0 Å². The summed E-state index contributed by atoms with van der Waals surface area (Å²) in [6.07, 6.45) is 3.64. The van der Waals surface area contributed by atoms with Gasteiger partial charge in [-0.25, -0.2) is 14.6 Å². The fourth-order valence-corrected chi connectivity index (χ4v) is 4.58. The van der Waals surface area contributed by atoms with E-state index in [0.717, 1.165) is 31.4 Å². The van der Waals surface area contributed by atoms with E-state index >= 15 is 0 Å². The molecule has 3 heterocycles. The average molecular weight is 387 g/mol. The van der Waals surface area contributed by atoms with E-state index in [0.29, 0.717) is 31.9 Å². The molecule has 28 heavy (non-hydrogen) atoms. The van der Waals surface area contributed by atoms with Crippen LogP contribution in [0.25, 0.3) is 0 Å². The number of pyridine rings is 1. The molecule has 1 aromatic heterocycles. The van der Waals surface area contributed by atoms with Crippen LogP contribution in [-0.2, 0) is 9.59 Å². The minimum absolute atomic E-state index is 0.00621. The fraction of sp³-hybridized carbons (Fsp3) is 0.600. The lowest BCUT2D eigenvalue weighted by molar-refractivity contribution is -0.148. The Balaban J connectivity index is 1.51. The standard InChI is InChI=1S/C20H25N3O5/c1-12-2-5-14(18(25)26)16(21-12)22-8-6-20(7-9-22)10-15(19(27)28)23(11-20)17(24)13-3-4-13/h2,5,13,15H,3-4,6-11H2,1H3,(H,25,26)(H,27,28). The van der Waals surface area contributed by atoms with Gasteiger partial charge in [0.25, 0.3) is 0 Å². The summed E-state index contributed by atoms with van der Waals surface area (Å²) in [6.45, 7) is 3.53. The van der Waals surface area contributed by atoms with Crippen LogP contribution in [-0.4, -0.2) is 63.6 Å². The van der Waals surface area contributed by atoms with Crippen LogP contribution >= 0.6 is 0 Å². The lowest BCUT2D eigenvalue weighted by Gasteiger charge is -2.40. The maximum atomic E-state index is 12.6. The van der Waals surface area contributed by atoms with E-state index in [9.17, 15) is 24.6 Å². The molecule has 1 amide bonds. The summed E-state index contributed by atoms with van der Waals surface area (Å²) < 4.78 is 0. The molecule has 150 valence electrons. The van der Waals surface area contributed by atoms with Gasteiger partial charge in [-0.05, 0) is 56.6 Å². The molecule has 3 fully saturated rings. The number of nitrogens with zero attached hydrogens (tertiary/aromatic N) is 3. The summed E-state index contributed by atoms with van der Waals surface area (Å²) in [5.74, 6) is -1.47. The topological polar surface area (TPSA) is 111 Å². The number of hydrogen-bond acceptors (Lipinski definition) is 5. The van der Waals surface area contributed by atoms with E-state index in [1.807, 2.05) is 11.8 Å². The third-order valence-electron chi connectivity index (χ3n) is 6.37. The quantitative estimate of drug-likeness (QED) is 0.810. The number of aryl methyl sites for hydroxylation is 1. The molecular formula is C20H25N3O5. The van der Waals surface area contributed by atoms with Crippen molar-refractivity contribution in [2.75, 3.05) is 24.5 Å². The lowest BCUT2D eigenvalue weighted by Crippen LogP contribution is -2.44. The first-order chi connectivity index (χ1) is 13.3. The van der Waals surface area contributed by atoms with Crippen LogP contribution < -0.4 is 4.90 Å². The predicted molar refractivity (Wildman–Crippen MR) is 100 cm³/mol. The minimum Gasteiger partial charge on any atom is -0.480 e. The number of piperidine rings is 1. The van der Waals surface area contributed by atoms with E-state index in [1.165, 1.54) is 0 Å². The molecule has 4 rings (SSSR count). The molecule has 8 heteroatoms. The third kappa shape index (κ3) is 3.31. The maximum Gasteiger partial charge on any atom is 0.339 e. The Morgan fingerprint density at radius 3 is 2.39 bits per heavy atom. The van der Waals surface area contributed by atoms with E-state index in [-0.39, 0.29) is 22.8 Å². The molecule has 1 spiro atoms. The third-order valence-corrected chi connectivity index (χ3v) is 6.37. The Kier molecular flexibility index (Phi) is 4.51. The van der Waals surface area contributed by atoms with Crippen LogP contribution in [0.15, 0.2) is 12.1 Å². The molecule has 1 atom stereocenters. The summed E-state index contributed by atoms with van der Waals surface area (Å²) in [7, 11) is 0. The Labute approximate surface area is 163 Å². The normalized spacial score (nSPS) is 23.8. The van der Waals surface area contributed by atoms with Gasteiger partial charge in [0, 0.05) is 31.2 Å². The van der Waals surface area contributed by atoms with Crippen molar-refractivity contribution in [2.24, 2.45) is 11.3 Å². The van der Waals surface area contributed by atoms with Gasteiger partial charge in [-0.15, -0.1) is 0 Å². The van der Waals surface area contributed by atoms with Crippen LogP contribution in [0.1, 0.15) is 48.2 Å². The van der Waals surface area contributed by atoms with Gasteiger partial charge in [0.2, 0.25) is 5.91 Å². The molecule has 2 N–H and O–H groups in total. The number of aromatic nitrogens is 1. The SMILES string of the molecule is Cc1ccc(C(=O)O)c(N2CCC3(CC2)CC(C(=O)O)N(C(=O)C2CC2)C3)n1. The van der Waals surface area contributed by atoms with E-state index in [2.05, 4.69) is 4.98 Å². The van der Waals surface area contributed by atoms with Crippen molar-refractivity contribution in [3.8, 4) is 0 Å². The number of hydrogen-bond donors (Lipinski definition) is 2. The molecule has 0 radical (unpaired) electrons. The smallest absolute Gasteiger partial charge is 0.339 e. The first-order valence-corrected chi connectivity index (χ1v) is 9.79. The molecule has 2 aliphatic heterocycles. The van der Waals surface area contributed by atoms with Crippen LogP contribution in [0.4, 0.5) is 5.82 Å². The fourth-order valence-electron chi connectivity index (χ4n) is 4.58. The van der Waals surface area contributed by atoms with E-state index in [1.54, 1.807) is 17.0 Å². The molecule has 0 aromatic carbocycles. The zero-order chi connectivity index (χ0) is 20.1. The van der Waals surface area contributed by atoms with Crippen LogP contribution in [0.5, 0.6) is 0 Å². The van der Waals surface area contributed by atoms with Gasteiger partial charge < -0.3 is 20.0 Å². The van der Waals surface area contributed by atoms with Crippen molar-refractivity contribution >= 4 is 23.7 Å². The van der Waals surface area contributed by atoms with Gasteiger partial charge in [-0.2, -0.15) is 0 Å². The van der Waals surface area contributed by atoms with Crippen LogP contribution in [0, 0.1) is 18.3 Å². The number of aromatic carboxylic acids is 1. The van der Waals surface area contributed by atoms with E-state index in [4.69, 9.17) is 0 Å².